The van der Waals surface area contributed by atoms with Crippen LogP contribution in [-0.4, -0.2) is 5.71 Å². The molecule has 2 aromatic rings. The van der Waals surface area contributed by atoms with Gasteiger partial charge in [0, 0.05) is 4.47 Å². The number of halogens is 4. The lowest BCUT2D eigenvalue weighted by Gasteiger charge is -2.09. The second-order valence-electron chi connectivity index (χ2n) is 4.39. The lowest BCUT2D eigenvalue weighted by atomic mass is 10.1. The number of hydrogen-bond acceptors (Lipinski definition) is 2. The van der Waals surface area contributed by atoms with Crippen molar-refractivity contribution in [2.45, 2.75) is 13.1 Å². The highest BCUT2D eigenvalue weighted by Crippen LogP contribution is 2.30. The van der Waals surface area contributed by atoms with Crippen LogP contribution in [0.5, 0.6) is 0 Å². The van der Waals surface area contributed by atoms with Crippen molar-refractivity contribution in [3.8, 4) is 0 Å². The molecule has 0 aliphatic rings. The summed E-state index contributed by atoms with van der Waals surface area (Å²) in [5.41, 5.74) is 3.80. The first kappa shape index (κ1) is 15.6. The quantitative estimate of drug-likeness (QED) is 0.585. The van der Waals surface area contributed by atoms with E-state index in [9.17, 15) is 13.2 Å². The summed E-state index contributed by atoms with van der Waals surface area (Å²) < 4.78 is 38.8. The number of benzene rings is 2. The summed E-state index contributed by atoms with van der Waals surface area (Å²) in [4.78, 5) is 0. The Morgan fingerprint density at radius 2 is 1.76 bits per heavy atom. The maximum Gasteiger partial charge on any atom is 0.416 e. The molecule has 0 radical (unpaired) electrons. The number of hydrazone groups is 1. The predicted molar refractivity (Wildman–Crippen MR) is 81.4 cm³/mol. The van der Waals surface area contributed by atoms with Crippen LogP contribution in [0.4, 0.5) is 18.9 Å². The van der Waals surface area contributed by atoms with Crippen LogP contribution in [0.3, 0.4) is 0 Å². The van der Waals surface area contributed by atoms with Crippen molar-refractivity contribution in [3.05, 3.63) is 64.1 Å². The van der Waals surface area contributed by atoms with Gasteiger partial charge in [0.2, 0.25) is 0 Å². The van der Waals surface area contributed by atoms with Crippen LogP contribution in [-0.2, 0) is 6.18 Å². The van der Waals surface area contributed by atoms with Crippen LogP contribution in [0, 0.1) is 0 Å². The fraction of sp³-hybridized carbons (Fsp3) is 0.133. The van der Waals surface area contributed by atoms with E-state index in [2.05, 4.69) is 26.5 Å². The van der Waals surface area contributed by atoms with Crippen LogP contribution >= 0.6 is 15.9 Å². The molecule has 0 atom stereocenters. The van der Waals surface area contributed by atoms with E-state index in [1.807, 2.05) is 24.3 Å². The molecule has 0 aliphatic carbocycles. The van der Waals surface area contributed by atoms with Gasteiger partial charge >= 0.3 is 6.18 Å². The Morgan fingerprint density at radius 3 is 2.38 bits per heavy atom. The van der Waals surface area contributed by atoms with E-state index in [4.69, 9.17) is 0 Å². The number of alkyl halides is 3. The van der Waals surface area contributed by atoms with E-state index in [0.29, 0.717) is 11.4 Å². The number of nitrogens with zero attached hydrogens (tertiary/aromatic N) is 1. The van der Waals surface area contributed by atoms with Crippen molar-refractivity contribution in [2.75, 3.05) is 5.43 Å². The molecule has 110 valence electrons. The second kappa shape index (κ2) is 6.30. The lowest BCUT2D eigenvalue weighted by molar-refractivity contribution is -0.137. The van der Waals surface area contributed by atoms with Gasteiger partial charge in [-0.3, -0.25) is 5.43 Å². The van der Waals surface area contributed by atoms with Gasteiger partial charge in [-0.1, -0.05) is 34.1 Å². The van der Waals surface area contributed by atoms with Crippen molar-refractivity contribution >= 4 is 27.3 Å². The summed E-state index contributed by atoms with van der Waals surface area (Å²) in [5.74, 6) is 0. The van der Waals surface area contributed by atoms with E-state index in [0.717, 1.165) is 22.2 Å². The molecular weight excluding hydrogens is 345 g/mol. The van der Waals surface area contributed by atoms with E-state index in [-0.39, 0.29) is 0 Å². The average Bonchev–Trinajstić information content (AvgIpc) is 2.45. The smallest absolute Gasteiger partial charge is 0.278 e. The first-order valence-corrected chi connectivity index (χ1v) is 6.89. The summed E-state index contributed by atoms with van der Waals surface area (Å²) in [6.07, 6.45) is -4.36. The molecule has 0 amide bonds. The Hall–Kier alpha value is -1.82. The van der Waals surface area contributed by atoms with Gasteiger partial charge in [0.1, 0.15) is 0 Å². The van der Waals surface area contributed by atoms with Gasteiger partial charge in [0.15, 0.2) is 0 Å². The first-order valence-electron chi connectivity index (χ1n) is 6.10. The largest absolute Gasteiger partial charge is 0.416 e. The number of rotatable bonds is 3. The molecule has 0 saturated heterocycles. The third kappa shape index (κ3) is 4.32. The van der Waals surface area contributed by atoms with Crippen molar-refractivity contribution in [2.24, 2.45) is 5.10 Å². The monoisotopic (exact) mass is 356 g/mol. The van der Waals surface area contributed by atoms with Gasteiger partial charge in [0.05, 0.1) is 17.0 Å². The molecule has 6 heteroatoms. The van der Waals surface area contributed by atoms with Crippen LogP contribution in [0.15, 0.2) is 58.1 Å². The minimum Gasteiger partial charge on any atom is -0.278 e. The van der Waals surface area contributed by atoms with E-state index in [1.54, 1.807) is 6.92 Å². The third-order valence-corrected chi connectivity index (χ3v) is 3.33. The Balaban J connectivity index is 2.15. The second-order valence-corrected chi connectivity index (χ2v) is 5.31. The van der Waals surface area contributed by atoms with Gasteiger partial charge in [-0.05, 0) is 42.8 Å². The predicted octanol–water partition coefficient (Wildman–Crippen LogP) is 5.30. The SMILES string of the molecule is C/C(=N/Nc1cccc(C(F)(F)F)c1)c1ccc(Br)cc1. The fourth-order valence-electron chi connectivity index (χ4n) is 1.67. The Kier molecular flexibility index (Phi) is 4.67. The van der Waals surface area contributed by atoms with Crippen LogP contribution < -0.4 is 5.43 Å². The maximum absolute atomic E-state index is 12.6. The molecule has 2 nitrogen and oxygen atoms in total. The zero-order chi connectivity index (χ0) is 15.5. The summed E-state index contributed by atoms with van der Waals surface area (Å²) in [5, 5.41) is 4.10. The molecular formula is C15H12BrF3N2. The van der Waals surface area contributed by atoms with Gasteiger partial charge in [-0.2, -0.15) is 18.3 Å². The molecule has 1 N–H and O–H groups in total. The average molecular weight is 357 g/mol. The minimum atomic E-state index is -4.36. The van der Waals surface area contributed by atoms with E-state index >= 15 is 0 Å². The highest BCUT2D eigenvalue weighted by molar-refractivity contribution is 9.10. The molecule has 0 bridgehead atoms. The number of hydrogen-bond donors (Lipinski definition) is 1. The van der Waals surface area contributed by atoms with Crippen LogP contribution in [0.25, 0.3) is 0 Å². The van der Waals surface area contributed by atoms with Gasteiger partial charge in [0.25, 0.3) is 0 Å². The van der Waals surface area contributed by atoms with Crippen molar-refractivity contribution in [1.29, 1.82) is 0 Å². The summed E-state index contributed by atoms with van der Waals surface area (Å²) in [6, 6.07) is 12.4. The summed E-state index contributed by atoms with van der Waals surface area (Å²) in [7, 11) is 0. The van der Waals surface area contributed by atoms with Crippen molar-refractivity contribution < 1.29 is 13.2 Å². The molecule has 0 saturated carbocycles. The van der Waals surface area contributed by atoms with E-state index in [1.165, 1.54) is 12.1 Å². The molecule has 0 unspecified atom stereocenters. The van der Waals surface area contributed by atoms with Gasteiger partial charge in [-0.15, -0.1) is 0 Å². The third-order valence-electron chi connectivity index (χ3n) is 2.80. The molecule has 2 aromatic carbocycles. The Morgan fingerprint density at radius 1 is 1.10 bits per heavy atom. The Bertz CT molecular complexity index is 649. The molecule has 0 aromatic heterocycles. The zero-order valence-corrected chi connectivity index (χ0v) is 12.7. The summed E-state index contributed by atoms with van der Waals surface area (Å²) in [6.45, 7) is 1.78. The zero-order valence-electron chi connectivity index (χ0n) is 11.1. The molecule has 0 aliphatic heterocycles. The molecule has 0 fully saturated rings. The normalized spacial score (nSPS) is 12.3. The highest BCUT2D eigenvalue weighted by atomic mass is 79.9. The van der Waals surface area contributed by atoms with Crippen LogP contribution in [0.1, 0.15) is 18.1 Å². The van der Waals surface area contributed by atoms with Crippen molar-refractivity contribution in [3.63, 3.8) is 0 Å². The highest BCUT2D eigenvalue weighted by Gasteiger charge is 2.30. The lowest BCUT2D eigenvalue weighted by Crippen LogP contribution is -2.05. The van der Waals surface area contributed by atoms with Crippen LogP contribution in [0.2, 0.25) is 0 Å². The van der Waals surface area contributed by atoms with Gasteiger partial charge in [-0.25, -0.2) is 0 Å². The molecule has 0 spiro atoms. The fourth-order valence-corrected chi connectivity index (χ4v) is 1.93. The van der Waals surface area contributed by atoms with Crippen molar-refractivity contribution in [1.82, 2.24) is 0 Å². The van der Waals surface area contributed by atoms with Gasteiger partial charge < -0.3 is 0 Å². The molecule has 2 rings (SSSR count). The Labute approximate surface area is 128 Å². The summed E-state index contributed by atoms with van der Waals surface area (Å²) >= 11 is 3.33. The standard InChI is InChI=1S/C15H12BrF3N2/c1-10(11-5-7-13(16)8-6-11)20-21-14-4-2-3-12(9-14)15(17,18)19/h2-9,21H,1H3/b20-10-. The van der Waals surface area contributed by atoms with E-state index < -0.39 is 11.7 Å². The maximum atomic E-state index is 12.6. The molecule has 21 heavy (non-hydrogen) atoms. The number of nitrogens with one attached hydrogen (secondary N) is 1. The topological polar surface area (TPSA) is 24.4 Å². The molecule has 0 heterocycles. The first-order chi connectivity index (χ1) is 9.86. The number of anilines is 1. The minimum absolute atomic E-state index is 0.293.